The van der Waals surface area contributed by atoms with Crippen LogP contribution >= 0.6 is 11.6 Å². The van der Waals surface area contributed by atoms with Crippen molar-refractivity contribution in [3.05, 3.63) is 51.8 Å². The molecule has 3 nitrogen and oxygen atoms in total. The van der Waals surface area contributed by atoms with Gasteiger partial charge in [0.25, 0.3) is 0 Å². The van der Waals surface area contributed by atoms with E-state index in [1.807, 2.05) is 32.0 Å². The molecule has 0 aliphatic heterocycles. The predicted molar refractivity (Wildman–Crippen MR) is 74.8 cm³/mol. The van der Waals surface area contributed by atoms with Gasteiger partial charge in [-0.3, -0.25) is 5.10 Å². The van der Waals surface area contributed by atoms with Crippen molar-refractivity contribution >= 4 is 11.6 Å². The van der Waals surface area contributed by atoms with Gasteiger partial charge in [0.15, 0.2) is 0 Å². The summed E-state index contributed by atoms with van der Waals surface area (Å²) in [6, 6.07) is 8.14. The number of nitrogens with zero attached hydrogens (tertiary/aromatic N) is 1. The Morgan fingerprint density at radius 2 is 2.06 bits per heavy atom. The molecule has 1 heterocycles. The molecular formula is C14H18ClN3. The van der Waals surface area contributed by atoms with Crippen molar-refractivity contribution in [1.82, 2.24) is 15.5 Å². The average molecular weight is 264 g/mol. The van der Waals surface area contributed by atoms with Crippen LogP contribution in [0.25, 0.3) is 0 Å². The molecule has 0 unspecified atom stereocenters. The molecule has 18 heavy (non-hydrogen) atoms. The molecular weight excluding hydrogens is 246 g/mol. The van der Waals surface area contributed by atoms with Gasteiger partial charge < -0.3 is 5.32 Å². The lowest BCUT2D eigenvalue weighted by Gasteiger charge is -2.15. The van der Waals surface area contributed by atoms with Crippen molar-refractivity contribution in [3.63, 3.8) is 0 Å². The lowest BCUT2D eigenvalue weighted by Crippen LogP contribution is -2.19. The fraction of sp³-hybridized carbons (Fsp3) is 0.357. The molecule has 0 spiro atoms. The van der Waals surface area contributed by atoms with Gasteiger partial charge in [-0.2, -0.15) is 5.10 Å². The van der Waals surface area contributed by atoms with Gasteiger partial charge in [-0.15, -0.1) is 0 Å². The van der Waals surface area contributed by atoms with Crippen LogP contribution in [0.15, 0.2) is 24.3 Å². The van der Waals surface area contributed by atoms with Crippen LogP contribution in [-0.4, -0.2) is 10.2 Å². The van der Waals surface area contributed by atoms with Gasteiger partial charge in [0.1, 0.15) is 0 Å². The number of aromatic amines is 1. The molecule has 0 radical (unpaired) electrons. The van der Waals surface area contributed by atoms with Gasteiger partial charge >= 0.3 is 0 Å². The van der Waals surface area contributed by atoms with E-state index in [2.05, 4.69) is 28.5 Å². The summed E-state index contributed by atoms with van der Waals surface area (Å²) in [5, 5.41) is 11.5. The average Bonchev–Trinajstić information content (AvgIpc) is 2.67. The first-order valence-electron chi connectivity index (χ1n) is 6.08. The Morgan fingerprint density at radius 3 is 2.67 bits per heavy atom. The third-order valence-electron chi connectivity index (χ3n) is 3.24. The molecule has 96 valence electrons. The fourth-order valence-corrected chi connectivity index (χ4v) is 2.33. The molecule has 2 N–H and O–H groups in total. The minimum absolute atomic E-state index is 0.215. The van der Waals surface area contributed by atoms with Crippen LogP contribution in [0.1, 0.15) is 35.5 Å². The Hall–Kier alpha value is -1.32. The largest absolute Gasteiger partial charge is 0.306 e. The SMILES string of the molecule is Cc1n[nH]c(C)c1CN[C@@H](C)c1ccccc1Cl. The number of rotatable bonds is 4. The lowest BCUT2D eigenvalue weighted by molar-refractivity contribution is 0.572. The molecule has 1 aromatic carbocycles. The van der Waals surface area contributed by atoms with E-state index >= 15 is 0 Å². The standard InChI is InChI=1S/C14H18ClN3/c1-9(12-6-4-5-7-14(12)15)16-8-13-10(2)17-18-11(13)3/h4-7,9,16H,8H2,1-3H3,(H,17,18)/t9-/m0/s1. The molecule has 4 heteroatoms. The van der Waals surface area contributed by atoms with Crippen molar-refractivity contribution in [2.75, 3.05) is 0 Å². The highest BCUT2D eigenvalue weighted by atomic mass is 35.5. The number of halogens is 1. The summed E-state index contributed by atoms with van der Waals surface area (Å²) in [6.45, 7) is 6.96. The van der Waals surface area contributed by atoms with E-state index in [1.165, 1.54) is 5.56 Å². The van der Waals surface area contributed by atoms with E-state index in [9.17, 15) is 0 Å². The Morgan fingerprint density at radius 1 is 1.33 bits per heavy atom. The third-order valence-corrected chi connectivity index (χ3v) is 3.58. The van der Waals surface area contributed by atoms with Crippen LogP contribution in [0.5, 0.6) is 0 Å². The predicted octanol–water partition coefficient (Wildman–Crippen LogP) is 3.53. The number of aryl methyl sites for hydroxylation is 2. The first-order chi connectivity index (χ1) is 8.59. The molecule has 1 atom stereocenters. The van der Waals surface area contributed by atoms with Crippen molar-refractivity contribution in [2.45, 2.75) is 33.4 Å². The van der Waals surface area contributed by atoms with Crippen molar-refractivity contribution in [3.8, 4) is 0 Å². The molecule has 0 saturated carbocycles. The van der Waals surface area contributed by atoms with E-state index in [0.717, 1.165) is 28.5 Å². The molecule has 2 aromatic rings. The summed E-state index contributed by atoms with van der Waals surface area (Å²) in [4.78, 5) is 0. The van der Waals surface area contributed by atoms with E-state index in [0.29, 0.717) is 0 Å². The topological polar surface area (TPSA) is 40.7 Å². The monoisotopic (exact) mass is 263 g/mol. The molecule has 0 aliphatic rings. The quantitative estimate of drug-likeness (QED) is 0.886. The molecule has 0 fully saturated rings. The molecule has 0 amide bonds. The highest BCUT2D eigenvalue weighted by molar-refractivity contribution is 6.31. The second kappa shape index (κ2) is 5.55. The van der Waals surface area contributed by atoms with Crippen LogP contribution in [-0.2, 0) is 6.54 Å². The Kier molecular flexibility index (Phi) is 4.04. The minimum atomic E-state index is 0.215. The Bertz CT molecular complexity index is 514. The summed E-state index contributed by atoms with van der Waals surface area (Å²) in [5.74, 6) is 0. The smallest absolute Gasteiger partial charge is 0.0638 e. The highest BCUT2D eigenvalue weighted by Crippen LogP contribution is 2.22. The summed E-state index contributed by atoms with van der Waals surface area (Å²) < 4.78 is 0. The maximum Gasteiger partial charge on any atom is 0.0638 e. The Labute approximate surface area is 113 Å². The summed E-state index contributed by atoms with van der Waals surface area (Å²) in [7, 11) is 0. The van der Waals surface area contributed by atoms with E-state index in [1.54, 1.807) is 0 Å². The molecule has 1 aromatic heterocycles. The second-order valence-electron chi connectivity index (χ2n) is 4.54. The van der Waals surface area contributed by atoms with Gasteiger partial charge in [-0.05, 0) is 32.4 Å². The van der Waals surface area contributed by atoms with Crippen molar-refractivity contribution in [1.29, 1.82) is 0 Å². The number of H-pyrrole nitrogens is 1. The maximum absolute atomic E-state index is 6.18. The second-order valence-corrected chi connectivity index (χ2v) is 4.94. The summed E-state index contributed by atoms with van der Waals surface area (Å²) >= 11 is 6.18. The zero-order chi connectivity index (χ0) is 13.1. The molecule has 2 rings (SSSR count). The van der Waals surface area contributed by atoms with Crippen LogP contribution < -0.4 is 5.32 Å². The van der Waals surface area contributed by atoms with Crippen molar-refractivity contribution in [2.24, 2.45) is 0 Å². The summed E-state index contributed by atoms with van der Waals surface area (Å²) in [6.07, 6.45) is 0. The zero-order valence-corrected chi connectivity index (χ0v) is 11.7. The van der Waals surface area contributed by atoms with Gasteiger partial charge in [-0.25, -0.2) is 0 Å². The first-order valence-corrected chi connectivity index (χ1v) is 6.45. The first kappa shape index (κ1) is 13.1. The summed E-state index contributed by atoms with van der Waals surface area (Å²) in [5.41, 5.74) is 4.52. The van der Waals surface area contributed by atoms with Gasteiger partial charge in [0, 0.05) is 28.9 Å². The van der Waals surface area contributed by atoms with Gasteiger partial charge in [0.2, 0.25) is 0 Å². The van der Waals surface area contributed by atoms with Crippen LogP contribution in [0.4, 0.5) is 0 Å². The number of benzene rings is 1. The zero-order valence-electron chi connectivity index (χ0n) is 10.9. The Balaban J connectivity index is 2.05. The number of hydrogen-bond acceptors (Lipinski definition) is 2. The maximum atomic E-state index is 6.18. The molecule has 0 aliphatic carbocycles. The third kappa shape index (κ3) is 2.74. The van der Waals surface area contributed by atoms with Crippen LogP contribution in [0.2, 0.25) is 5.02 Å². The number of aromatic nitrogens is 2. The fourth-order valence-electron chi connectivity index (χ4n) is 2.03. The van der Waals surface area contributed by atoms with Crippen LogP contribution in [0, 0.1) is 13.8 Å². The highest BCUT2D eigenvalue weighted by Gasteiger charge is 2.11. The van der Waals surface area contributed by atoms with Crippen molar-refractivity contribution < 1.29 is 0 Å². The lowest BCUT2D eigenvalue weighted by atomic mass is 10.1. The van der Waals surface area contributed by atoms with Crippen LogP contribution in [0.3, 0.4) is 0 Å². The normalized spacial score (nSPS) is 12.7. The van der Waals surface area contributed by atoms with E-state index < -0.39 is 0 Å². The van der Waals surface area contributed by atoms with Gasteiger partial charge in [-0.1, -0.05) is 29.8 Å². The van der Waals surface area contributed by atoms with Gasteiger partial charge in [0.05, 0.1) is 5.69 Å². The molecule has 0 bridgehead atoms. The number of nitrogens with one attached hydrogen (secondary N) is 2. The van der Waals surface area contributed by atoms with E-state index in [-0.39, 0.29) is 6.04 Å². The van der Waals surface area contributed by atoms with E-state index in [4.69, 9.17) is 11.6 Å². The number of hydrogen-bond donors (Lipinski definition) is 2. The minimum Gasteiger partial charge on any atom is -0.306 e. The molecule has 0 saturated heterocycles.